The first-order valence-corrected chi connectivity index (χ1v) is 6.70. The van der Waals surface area contributed by atoms with E-state index in [4.69, 9.17) is 0 Å². The Morgan fingerprint density at radius 2 is 1.94 bits per heavy atom. The Balaban J connectivity index is 2.22. The third kappa shape index (κ3) is 1.99. The van der Waals surface area contributed by atoms with Crippen LogP contribution in [0.1, 0.15) is 25.3 Å². The lowest BCUT2D eigenvalue weighted by molar-refractivity contribution is 0.799. The van der Waals surface area contributed by atoms with Gasteiger partial charge in [-0.2, -0.15) is 0 Å². The highest BCUT2D eigenvalue weighted by Crippen LogP contribution is 2.26. The summed E-state index contributed by atoms with van der Waals surface area (Å²) in [6.45, 7) is 2.25. The molecule has 18 heavy (non-hydrogen) atoms. The van der Waals surface area contributed by atoms with E-state index in [2.05, 4.69) is 55.5 Å². The molecule has 0 fully saturated rings. The van der Waals surface area contributed by atoms with Crippen LogP contribution in [0, 0.1) is 6.07 Å². The van der Waals surface area contributed by atoms with E-state index in [1.165, 1.54) is 46.4 Å². The van der Waals surface area contributed by atoms with Crippen LogP contribution in [0.2, 0.25) is 0 Å². The second kappa shape index (κ2) is 4.81. The Morgan fingerprint density at radius 1 is 1.00 bits per heavy atom. The summed E-state index contributed by atoms with van der Waals surface area (Å²) in [4.78, 5) is 0. The van der Waals surface area contributed by atoms with Crippen LogP contribution in [0.15, 0.2) is 48.5 Å². The van der Waals surface area contributed by atoms with Gasteiger partial charge in [0.2, 0.25) is 0 Å². The molecule has 0 atom stereocenters. The van der Waals surface area contributed by atoms with E-state index >= 15 is 0 Å². The SMILES string of the molecule is CCCCc1cccc2cc3cc[c]cc3cc12. The van der Waals surface area contributed by atoms with Crippen molar-refractivity contribution in [2.45, 2.75) is 26.2 Å². The van der Waals surface area contributed by atoms with E-state index in [1.807, 2.05) is 6.07 Å². The van der Waals surface area contributed by atoms with Gasteiger partial charge < -0.3 is 0 Å². The predicted molar refractivity (Wildman–Crippen MR) is 78.9 cm³/mol. The van der Waals surface area contributed by atoms with Crippen molar-refractivity contribution in [1.82, 2.24) is 0 Å². The van der Waals surface area contributed by atoms with Crippen LogP contribution in [-0.2, 0) is 6.42 Å². The largest absolute Gasteiger partial charge is 0.0654 e. The van der Waals surface area contributed by atoms with Gasteiger partial charge in [0.25, 0.3) is 0 Å². The lowest BCUT2D eigenvalue weighted by Gasteiger charge is -2.08. The third-order valence-electron chi connectivity index (χ3n) is 3.57. The first-order chi connectivity index (χ1) is 8.88. The van der Waals surface area contributed by atoms with Crippen LogP contribution in [0.3, 0.4) is 0 Å². The minimum Gasteiger partial charge on any atom is -0.0654 e. The lowest BCUT2D eigenvalue weighted by atomic mass is 9.97. The van der Waals surface area contributed by atoms with Crippen LogP contribution in [0.25, 0.3) is 21.5 Å². The Bertz CT molecular complexity index is 680. The molecule has 0 N–H and O–H groups in total. The van der Waals surface area contributed by atoms with Crippen molar-refractivity contribution in [1.29, 1.82) is 0 Å². The monoisotopic (exact) mass is 233 g/mol. The van der Waals surface area contributed by atoms with E-state index in [-0.39, 0.29) is 0 Å². The van der Waals surface area contributed by atoms with Gasteiger partial charge in [-0.25, -0.2) is 0 Å². The molecule has 0 unspecified atom stereocenters. The number of aryl methyl sites for hydroxylation is 1. The molecule has 89 valence electrons. The first-order valence-electron chi connectivity index (χ1n) is 6.70. The number of hydrogen-bond donors (Lipinski definition) is 0. The molecule has 0 aliphatic rings. The minimum atomic E-state index is 1.18. The van der Waals surface area contributed by atoms with Crippen LogP contribution < -0.4 is 0 Å². The predicted octanol–water partition coefficient (Wildman–Crippen LogP) is 5.14. The molecule has 0 aromatic heterocycles. The molecule has 0 saturated heterocycles. The van der Waals surface area contributed by atoms with Gasteiger partial charge in [0, 0.05) is 0 Å². The molecular weight excluding hydrogens is 216 g/mol. The molecule has 0 aliphatic carbocycles. The Morgan fingerprint density at radius 3 is 2.83 bits per heavy atom. The second-order valence-electron chi connectivity index (χ2n) is 4.87. The average Bonchev–Trinajstić information content (AvgIpc) is 2.43. The summed E-state index contributed by atoms with van der Waals surface area (Å²) in [6.07, 6.45) is 3.69. The van der Waals surface area contributed by atoms with Gasteiger partial charge in [0.15, 0.2) is 0 Å². The molecule has 1 radical (unpaired) electrons. The van der Waals surface area contributed by atoms with E-state index in [0.29, 0.717) is 0 Å². The summed E-state index contributed by atoms with van der Waals surface area (Å²) in [7, 11) is 0. The zero-order chi connectivity index (χ0) is 12.4. The zero-order valence-electron chi connectivity index (χ0n) is 10.7. The molecule has 0 bridgehead atoms. The van der Waals surface area contributed by atoms with E-state index in [1.54, 1.807) is 0 Å². The van der Waals surface area contributed by atoms with Crippen LogP contribution in [0.4, 0.5) is 0 Å². The van der Waals surface area contributed by atoms with E-state index in [9.17, 15) is 0 Å². The van der Waals surface area contributed by atoms with Crippen molar-refractivity contribution in [3.05, 3.63) is 60.2 Å². The van der Waals surface area contributed by atoms with Gasteiger partial charge in [0.1, 0.15) is 0 Å². The first kappa shape index (κ1) is 11.3. The fraction of sp³-hybridized carbons (Fsp3) is 0.222. The van der Waals surface area contributed by atoms with Crippen molar-refractivity contribution in [3.8, 4) is 0 Å². The van der Waals surface area contributed by atoms with E-state index in [0.717, 1.165) is 0 Å². The van der Waals surface area contributed by atoms with Crippen molar-refractivity contribution < 1.29 is 0 Å². The summed E-state index contributed by atoms with van der Waals surface area (Å²) < 4.78 is 0. The molecular formula is C18H17. The summed E-state index contributed by atoms with van der Waals surface area (Å²) in [5.74, 6) is 0. The van der Waals surface area contributed by atoms with Crippen molar-refractivity contribution >= 4 is 21.5 Å². The lowest BCUT2D eigenvalue weighted by Crippen LogP contribution is -1.87. The normalized spacial score (nSPS) is 11.2. The van der Waals surface area contributed by atoms with Gasteiger partial charge in [0.05, 0.1) is 0 Å². The summed E-state index contributed by atoms with van der Waals surface area (Å²) in [6, 6.07) is 20.6. The molecule has 0 amide bonds. The molecule has 3 aromatic carbocycles. The fourth-order valence-corrected chi connectivity index (χ4v) is 2.55. The molecule has 3 aromatic rings. The minimum absolute atomic E-state index is 1.18. The highest BCUT2D eigenvalue weighted by atomic mass is 14.1. The number of hydrogen-bond acceptors (Lipinski definition) is 0. The molecule has 0 nitrogen and oxygen atoms in total. The van der Waals surface area contributed by atoms with Crippen LogP contribution in [-0.4, -0.2) is 0 Å². The molecule has 0 aliphatic heterocycles. The summed E-state index contributed by atoms with van der Waals surface area (Å²) in [5.41, 5.74) is 1.47. The Labute approximate surface area is 108 Å². The summed E-state index contributed by atoms with van der Waals surface area (Å²) >= 11 is 0. The highest BCUT2D eigenvalue weighted by molar-refractivity contribution is 5.99. The summed E-state index contributed by atoms with van der Waals surface area (Å²) in [5, 5.41) is 5.34. The Kier molecular flexibility index (Phi) is 3.02. The molecule has 3 rings (SSSR count). The van der Waals surface area contributed by atoms with Gasteiger partial charge in [-0.15, -0.1) is 0 Å². The van der Waals surface area contributed by atoms with Crippen LogP contribution in [0.5, 0.6) is 0 Å². The van der Waals surface area contributed by atoms with Crippen molar-refractivity contribution in [3.63, 3.8) is 0 Å². The quantitative estimate of drug-likeness (QED) is 0.550. The maximum Gasteiger partial charge on any atom is -0.0146 e. The number of rotatable bonds is 3. The molecule has 0 heterocycles. The van der Waals surface area contributed by atoms with Crippen molar-refractivity contribution in [2.24, 2.45) is 0 Å². The van der Waals surface area contributed by atoms with Gasteiger partial charge in [-0.05, 0) is 64.2 Å². The molecule has 0 saturated carbocycles. The third-order valence-corrected chi connectivity index (χ3v) is 3.57. The van der Waals surface area contributed by atoms with Crippen LogP contribution >= 0.6 is 0 Å². The van der Waals surface area contributed by atoms with Gasteiger partial charge in [-0.3, -0.25) is 0 Å². The molecule has 0 heteroatoms. The van der Waals surface area contributed by atoms with E-state index < -0.39 is 0 Å². The number of fused-ring (bicyclic) bond motifs is 2. The standard InChI is InChI=1S/C18H17/c1-2-3-7-14-10-6-11-17-12-15-8-4-5-9-16(15)13-18(14)17/h4,6,8-13H,2-3,7H2,1H3. The maximum absolute atomic E-state index is 3.16. The molecule has 0 spiro atoms. The van der Waals surface area contributed by atoms with Crippen molar-refractivity contribution in [2.75, 3.05) is 0 Å². The maximum atomic E-state index is 3.16. The number of benzene rings is 3. The fourth-order valence-electron chi connectivity index (χ4n) is 2.55. The second-order valence-corrected chi connectivity index (χ2v) is 4.87. The average molecular weight is 233 g/mol. The number of unbranched alkanes of at least 4 members (excludes halogenated alkanes) is 1. The van der Waals surface area contributed by atoms with Gasteiger partial charge >= 0.3 is 0 Å². The van der Waals surface area contributed by atoms with Gasteiger partial charge in [-0.1, -0.05) is 43.7 Å². The Hall–Kier alpha value is -1.82. The highest BCUT2D eigenvalue weighted by Gasteiger charge is 2.02. The zero-order valence-corrected chi connectivity index (χ0v) is 10.7. The smallest absolute Gasteiger partial charge is 0.0146 e. The topological polar surface area (TPSA) is 0 Å².